The molecule has 2 aromatic carbocycles. The van der Waals surface area contributed by atoms with E-state index in [4.69, 9.17) is 14.2 Å². The maximum atomic E-state index is 16.3. The van der Waals surface area contributed by atoms with E-state index in [9.17, 15) is 22.8 Å². The van der Waals surface area contributed by atoms with E-state index >= 15 is 8.78 Å². The standard InChI is InChI=1S/C33H38BrF5N2O5/c1-18-14-21-20-10-8-9-11-24(20)41(29(42)45-31(2,3)4)27(21)28(40(18)17-33(37,38)39)26-22(35)15-19(16-23(26)36)25(12-13-34)44-30(43)46-32(5,6)7/h8-11,15-16,18,25,28H,12-14,17H2,1-7H3/t18-,25-,28-/m1/s1. The minimum Gasteiger partial charge on any atom is -0.443 e. The van der Waals surface area contributed by atoms with E-state index in [1.807, 2.05) is 0 Å². The van der Waals surface area contributed by atoms with E-state index in [1.165, 1.54) is 0 Å². The number of alkyl halides is 4. The lowest BCUT2D eigenvalue weighted by Gasteiger charge is -2.42. The van der Waals surface area contributed by atoms with Gasteiger partial charge < -0.3 is 14.2 Å². The number of aromatic nitrogens is 1. The van der Waals surface area contributed by atoms with Gasteiger partial charge in [-0.2, -0.15) is 13.2 Å². The van der Waals surface area contributed by atoms with Crippen molar-refractivity contribution in [1.29, 1.82) is 0 Å². The van der Waals surface area contributed by atoms with Gasteiger partial charge in [0.1, 0.15) is 28.9 Å². The van der Waals surface area contributed by atoms with Gasteiger partial charge in [0.25, 0.3) is 0 Å². The minimum atomic E-state index is -4.73. The number of hydrogen-bond acceptors (Lipinski definition) is 6. The number of nitrogens with zero attached hydrogens (tertiary/aromatic N) is 2. The lowest BCUT2D eigenvalue weighted by atomic mass is 9.87. The van der Waals surface area contributed by atoms with Gasteiger partial charge in [-0.1, -0.05) is 34.1 Å². The highest BCUT2D eigenvalue weighted by molar-refractivity contribution is 9.09. The number of fused-ring (bicyclic) bond motifs is 3. The predicted octanol–water partition coefficient (Wildman–Crippen LogP) is 9.38. The van der Waals surface area contributed by atoms with Crippen LogP contribution >= 0.6 is 15.9 Å². The first-order valence-corrected chi connectivity index (χ1v) is 16.0. The van der Waals surface area contributed by atoms with Crippen molar-refractivity contribution in [3.8, 4) is 0 Å². The van der Waals surface area contributed by atoms with Crippen molar-refractivity contribution < 1.29 is 45.8 Å². The topological polar surface area (TPSA) is 70.0 Å². The third-order valence-corrected chi connectivity index (χ3v) is 7.82. The van der Waals surface area contributed by atoms with Gasteiger partial charge in [0.15, 0.2) is 0 Å². The van der Waals surface area contributed by atoms with Gasteiger partial charge in [-0.05, 0) is 90.6 Å². The summed E-state index contributed by atoms with van der Waals surface area (Å²) >= 11 is 3.25. The van der Waals surface area contributed by atoms with Gasteiger partial charge in [0.2, 0.25) is 0 Å². The second-order valence-electron chi connectivity index (χ2n) is 13.4. The Morgan fingerprint density at radius 3 is 2.11 bits per heavy atom. The highest BCUT2D eigenvalue weighted by atomic mass is 79.9. The van der Waals surface area contributed by atoms with Gasteiger partial charge in [-0.3, -0.25) is 4.90 Å². The van der Waals surface area contributed by atoms with Crippen LogP contribution in [-0.4, -0.2) is 57.0 Å². The molecule has 46 heavy (non-hydrogen) atoms. The van der Waals surface area contributed by atoms with Gasteiger partial charge in [0, 0.05) is 22.3 Å². The van der Waals surface area contributed by atoms with Crippen molar-refractivity contribution in [3.63, 3.8) is 0 Å². The Morgan fingerprint density at radius 2 is 1.57 bits per heavy atom. The van der Waals surface area contributed by atoms with Crippen LogP contribution < -0.4 is 0 Å². The molecule has 1 aliphatic rings. The zero-order valence-electron chi connectivity index (χ0n) is 26.7. The molecule has 0 unspecified atom stereocenters. The minimum absolute atomic E-state index is 0.00892. The molecular weight excluding hydrogens is 679 g/mol. The molecule has 2 heterocycles. The fourth-order valence-corrected chi connectivity index (χ4v) is 6.16. The maximum absolute atomic E-state index is 16.3. The molecular formula is C33H38BrF5N2O5. The largest absolute Gasteiger partial charge is 0.509 e. The number of benzene rings is 2. The first-order valence-electron chi connectivity index (χ1n) is 14.8. The Kier molecular flexibility index (Phi) is 10.2. The maximum Gasteiger partial charge on any atom is 0.509 e. The summed E-state index contributed by atoms with van der Waals surface area (Å²) in [7, 11) is 0. The molecule has 0 N–H and O–H groups in total. The summed E-state index contributed by atoms with van der Waals surface area (Å²) in [5, 5.41) is 0.858. The second-order valence-corrected chi connectivity index (χ2v) is 14.2. The van der Waals surface area contributed by atoms with Crippen molar-refractivity contribution in [3.05, 3.63) is 70.4 Å². The third-order valence-electron chi connectivity index (χ3n) is 7.36. The lowest BCUT2D eigenvalue weighted by Crippen LogP contribution is -2.48. The van der Waals surface area contributed by atoms with E-state index in [2.05, 4.69) is 15.9 Å². The molecule has 0 saturated heterocycles. The van der Waals surface area contributed by atoms with E-state index in [-0.39, 0.29) is 24.1 Å². The van der Waals surface area contributed by atoms with E-state index in [0.29, 0.717) is 21.8 Å². The first kappa shape index (κ1) is 35.7. The molecule has 3 atom stereocenters. The summed E-state index contributed by atoms with van der Waals surface area (Å²) in [6.07, 6.45) is -7.61. The Bertz CT molecular complexity index is 1590. The summed E-state index contributed by atoms with van der Waals surface area (Å²) in [5.74, 6) is -2.33. The second kappa shape index (κ2) is 13.1. The summed E-state index contributed by atoms with van der Waals surface area (Å²) in [4.78, 5) is 27.1. The van der Waals surface area contributed by atoms with Crippen LogP contribution in [0.1, 0.15) is 89.4 Å². The number of rotatable bonds is 6. The van der Waals surface area contributed by atoms with Gasteiger partial charge in [-0.15, -0.1) is 0 Å². The van der Waals surface area contributed by atoms with Crippen LogP contribution in [0.2, 0.25) is 0 Å². The fourth-order valence-electron chi connectivity index (χ4n) is 5.75. The molecule has 7 nitrogen and oxygen atoms in total. The predicted molar refractivity (Wildman–Crippen MR) is 166 cm³/mol. The molecule has 0 aliphatic carbocycles. The third kappa shape index (κ3) is 8.02. The summed E-state index contributed by atoms with van der Waals surface area (Å²) in [6, 6.07) is 6.10. The molecule has 0 spiro atoms. The molecule has 0 radical (unpaired) electrons. The van der Waals surface area contributed by atoms with E-state index in [1.54, 1.807) is 72.7 Å². The van der Waals surface area contributed by atoms with E-state index < -0.39 is 71.6 Å². The Balaban J connectivity index is 1.95. The van der Waals surface area contributed by atoms with Crippen molar-refractivity contribution in [2.24, 2.45) is 0 Å². The van der Waals surface area contributed by atoms with Crippen LogP contribution in [-0.2, 0) is 20.6 Å². The quantitative estimate of drug-likeness (QED) is 0.144. The highest BCUT2D eigenvalue weighted by Gasteiger charge is 2.46. The lowest BCUT2D eigenvalue weighted by molar-refractivity contribution is -0.155. The normalized spacial score (nSPS) is 18.3. The number of para-hydroxylation sites is 1. The summed E-state index contributed by atoms with van der Waals surface area (Å²) in [5.41, 5.74) is -1.77. The molecule has 1 aliphatic heterocycles. The molecule has 3 aromatic rings. The van der Waals surface area contributed by atoms with Gasteiger partial charge in [-0.25, -0.2) is 22.9 Å². The van der Waals surface area contributed by atoms with Crippen molar-refractivity contribution in [1.82, 2.24) is 9.47 Å². The fraction of sp³-hybridized carbons (Fsp3) is 0.515. The molecule has 13 heteroatoms. The van der Waals surface area contributed by atoms with Crippen molar-refractivity contribution in [2.75, 3.05) is 11.9 Å². The Hall–Kier alpha value is -3.19. The molecule has 0 amide bonds. The van der Waals surface area contributed by atoms with Crippen LogP contribution in [0, 0.1) is 11.6 Å². The van der Waals surface area contributed by atoms with Crippen LogP contribution in [0.5, 0.6) is 0 Å². The summed E-state index contributed by atoms with van der Waals surface area (Å²) < 4.78 is 92.2. The number of carbonyl (C=O) groups excluding carboxylic acids is 2. The van der Waals surface area contributed by atoms with Crippen LogP contribution in [0.15, 0.2) is 36.4 Å². The van der Waals surface area contributed by atoms with Gasteiger partial charge >= 0.3 is 18.4 Å². The molecule has 4 rings (SSSR count). The average Bonchev–Trinajstić information content (AvgIpc) is 3.21. The number of carbonyl (C=O) groups is 2. The molecule has 0 bridgehead atoms. The van der Waals surface area contributed by atoms with Crippen LogP contribution in [0.3, 0.4) is 0 Å². The number of hydrogen-bond donors (Lipinski definition) is 0. The van der Waals surface area contributed by atoms with E-state index in [0.717, 1.165) is 21.6 Å². The van der Waals surface area contributed by atoms with Gasteiger partial charge in [0.05, 0.1) is 23.8 Å². The average molecular weight is 718 g/mol. The first-order chi connectivity index (χ1) is 21.2. The Labute approximate surface area is 273 Å². The zero-order chi connectivity index (χ0) is 34.4. The number of halogens is 6. The molecule has 0 fully saturated rings. The molecule has 252 valence electrons. The van der Waals surface area contributed by atoms with Crippen molar-refractivity contribution in [2.45, 2.75) is 96.9 Å². The number of ether oxygens (including phenoxy) is 3. The molecule has 1 aromatic heterocycles. The smallest absolute Gasteiger partial charge is 0.443 e. The Morgan fingerprint density at radius 1 is 0.978 bits per heavy atom. The van der Waals surface area contributed by atoms with Crippen LogP contribution in [0.25, 0.3) is 10.9 Å². The highest BCUT2D eigenvalue weighted by Crippen LogP contribution is 2.46. The zero-order valence-corrected chi connectivity index (χ0v) is 28.3. The van der Waals surface area contributed by atoms with Crippen molar-refractivity contribution >= 4 is 39.1 Å². The van der Waals surface area contributed by atoms with Crippen LogP contribution in [0.4, 0.5) is 31.5 Å². The SMILES string of the molecule is C[C@@H]1Cc2c(n(C(=O)OC(C)(C)C)c3ccccc23)[C@@H](c2c(F)cc([C@@H](CCBr)OC(=O)OC(C)(C)C)cc2F)N1CC(F)(F)F. The monoisotopic (exact) mass is 716 g/mol. The molecule has 0 saturated carbocycles. The summed E-state index contributed by atoms with van der Waals surface area (Å²) in [6.45, 7) is 9.85.